The zero-order valence-electron chi connectivity index (χ0n) is 17.9. The van der Waals surface area contributed by atoms with E-state index < -0.39 is 5.82 Å². The number of hydrogen-bond donors (Lipinski definition) is 1. The second-order valence-corrected chi connectivity index (χ2v) is 8.00. The van der Waals surface area contributed by atoms with Gasteiger partial charge < -0.3 is 10.2 Å². The monoisotopic (exact) mass is 416 g/mol. The number of benzene rings is 3. The Balaban J connectivity index is 1.76. The molecular weight excluding hydrogens is 391 g/mol. The van der Waals surface area contributed by atoms with E-state index in [2.05, 4.69) is 25.2 Å². The molecule has 158 valence electrons. The minimum absolute atomic E-state index is 0.124. The number of carbonyl (C=O) groups is 2. The lowest BCUT2D eigenvalue weighted by molar-refractivity contribution is 0.0969. The smallest absolute Gasteiger partial charge is 0.259 e. The summed E-state index contributed by atoms with van der Waals surface area (Å²) in [6.45, 7) is 6.67. The molecular formula is C26H25FN2O2. The molecule has 1 N–H and O–H groups in total. The summed E-state index contributed by atoms with van der Waals surface area (Å²) in [6, 6.07) is 16.4. The first-order valence-electron chi connectivity index (χ1n) is 10.5. The molecule has 1 aliphatic heterocycles. The molecule has 0 bridgehead atoms. The van der Waals surface area contributed by atoms with Crippen molar-refractivity contribution in [3.8, 4) is 0 Å². The van der Waals surface area contributed by atoms with Crippen LogP contribution >= 0.6 is 0 Å². The third kappa shape index (κ3) is 3.96. The number of nitrogens with one attached hydrogen (secondary N) is 1. The second kappa shape index (κ2) is 8.34. The molecule has 4 nitrogen and oxygen atoms in total. The molecule has 5 heteroatoms. The molecule has 4 rings (SSSR count). The Labute approximate surface area is 181 Å². The van der Waals surface area contributed by atoms with Crippen molar-refractivity contribution < 1.29 is 14.0 Å². The van der Waals surface area contributed by atoms with E-state index in [9.17, 15) is 14.0 Å². The number of rotatable bonds is 4. The number of halogens is 1. The van der Waals surface area contributed by atoms with Crippen LogP contribution in [0.3, 0.4) is 0 Å². The molecule has 0 radical (unpaired) electrons. The molecule has 0 saturated carbocycles. The Morgan fingerprint density at radius 3 is 2.32 bits per heavy atom. The summed E-state index contributed by atoms with van der Waals surface area (Å²) in [4.78, 5) is 28.6. The molecule has 1 atom stereocenters. The number of carbonyl (C=O) groups excluding carboxylic acids is 2. The van der Waals surface area contributed by atoms with Crippen LogP contribution in [0.1, 0.15) is 50.8 Å². The first kappa shape index (κ1) is 20.8. The largest absolute Gasteiger partial charge is 0.379 e. The summed E-state index contributed by atoms with van der Waals surface area (Å²) in [5, 5.41) is 3.52. The predicted molar refractivity (Wildman–Crippen MR) is 122 cm³/mol. The van der Waals surface area contributed by atoms with Crippen LogP contribution in [0, 0.1) is 19.7 Å². The molecule has 0 aliphatic carbocycles. The van der Waals surface area contributed by atoms with E-state index >= 15 is 0 Å². The van der Waals surface area contributed by atoms with Gasteiger partial charge in [0.1, 0.15) is 5.82 Å². The lowest BCUT2D eigenvalue weighted by atomic mass is 9.96. The van der Waals surface area contributed by atoms with Crippen LogP contribution in [0.15, 0.2) is 60.7 Å². The first-order chi connectivity index (χ1) is 14.9. The maximum atomic E-state index is 13.7. The highest BCUT2D eigenvalue weighted by molar-refractivity contribution is 6.19. The number of anilines is 2. The minimum atomic E-state index is -0.408. The van der Waals surface area contributed by atoms with Crippen LogP contribution < -0.4 is 10.2 Å². The molecule has 3 aromatic rings. The summed E-state index contributed by atoms with van der Waals surface area (Å²) in [5.74, 6) is -0.920. The quantitative estimate of drug-likeness (QED) is 0.570. The van der Waals surface area contributed by atoms with Crippen LogP contribution in [0.25, 0.3) is 0 Å². The van der Waals surface area contributed by atoms with Crippen LogP contribution in [0.4, 0.5) is 15.8 Å². The van der Waals surface area contributed by atoms with Crippen molar-refractivity contribution in [3.05, 3.63) is 94.3 Å². The number of amides is 1. The zero-order valence-corrected chi connectivity index (χ0v) is 17.9. The summed E-state index contributed by atoms with van der Waals surface area (Å²) in [5.41, 5.74) is 5.01. The van der Waals surface area contributed by atoms with E-state index in [1.54, 1.807) is 29.2 Å². The molecule has 31 heavy (non-hydrogen) atoms. The summed E-state index contributed by atoms with van der Waals surface area (Å²) >= 11 is 0. The van der Waals surface area contributed by atoms with E-state index in [1.807, 2.05) is 13.0 Å². The minimum Gasteiger partial charge on any atom is -0.379 e. The third-order valence-electron chi connectivity index (χ3n) is 5.91. The lowest BCUT2D eigenvalue weighted by Crippen LogP contribution is -2.45. The van der Waals surface area contributed by atoms with Crippen LogP contribution in [-0.2, 0) is 0 Å². The van der Waals surface area contributed by atoms with Gasteiger partial charge in [-0.25, -0.2) is 4.39 Å². The highest BCUT2D eigenvalue weighted by Gasteiger charge is 2.30. The summed E-state index contributed by atoms with van der Waals surface area (Å²) in [6.07, 6.45) is 0.867. The molecule has 1 heterocycles. The third-order valence-corrected chi connectivity index (χ3v) is 5.91. The van der Waals surface area contributed by atoms with Crippen molar-refractivity contribution in [1.29, 1.82) is 0 Å². The van der Waals surface area contributed by atoms with Crippen molar-refractivity contribution in [2.75, 3.05) is 16.8 Å². The van der Waals surface area contributed by atoms with Crippen molar-refractivity contribution in [1.82, 2.24) is 0 Å². The fourth-order valence-electron chi connectivity index (χ4n) is 3.92. The number of ketones is 1. The predicted octanol–water partition coefficient (Wildman–Crippen LogP) is 5.52. The Bertz CT molecular complexity index is 1150. The van der Waals surface area contributed by atoms with E-state index in [0.717, 1.165) is 28.9 Å². The van der Waals surface area contributed by atoms with Crippen LogP contribution in [0.2, 0.25) is 0 Å². The van der Waals surface area contributed by atoms with Crippen LogP contribution in [0.5, 0.6) is 0 Å². The Kier molecular flexibility index (Phi) is 5.59. The molecule has 0 saturated heterocycles. The number of aryl methyl sites for hydroxylation is 2. The molecule has 3 aromatic carbocycles. The van der Waals surface area contributed by atoms with Gasteiger partial charge in [0, 0.05) is 23.7 Å². The maximum Gasteiger partial charge on any atom is 0.259 e. The molecule has 0 aromatic heterocycles. The number of fused-ring (bicyclic) bond motifs is 1. The highest BCUT2D eigenvalue weighted by atomic mass is 19.1. The van der Waals surface area contributed by atoms with Gasteiger partial charge in [-0.1, -0.05) is 25.1 Å². The van der Waals surface area contributed by atoms with E-state index in [1.165, 1.54) is 24.3 Å². The molecule has 0 fully saturated rings. The van der Waals surface area contributed by atoms with Gasteiger partial charge >= 0.3 is 0 Å². The van der Waals surface area contributed by atoms with Crippen molar-refractivity contribution in [3.63, 3.8) is 0 Å². The second-order valence-electron chi connectivity index (χ2n) is 8.00. The summed E-state index contributed by atoms with van der Waals surface area (Å²) in [7, 11) is 0. The Morgan fingerprint density at radius 2 is 1.65 bits per heavy atom. The van der Waals surface area contributed by atoms with Crippen molar-refractivity contribution >= 4 is 23.1 Å². The average molecular weight is 416 g/mol. The SMILES string of the molecule is CCC1CN(C(=O)c2ccccc2C(=O)c2ccc(F)cc2)c2cc(C)c(C)cc2N1. The van der Waals surface area contributed by atoms with Gasteiger partial charge in [0.05, 0.1) is 16.9 Å². The highest BCUT2D eigenvalue weighted by Crippen LogP contribution is 2.35. The lowest BCUT2D eigenvalue weighted by Gasteiger charge is -2.36. The Morgan fingerprint density at radius 1 is 1.00 bits per heavy atom. The van der Waals surface area contributed by atoms with Gasteiger partial charge in [0.15, 0.2) is 5.78 Å². The molecule has 1 unspecified atom stereocenters. The van der Waals surface area contributed by atoms with Gasteiger partial charge in [-0.15, -0.1) is 0 Å². The standard InChI is InChI=1S/C26H25FN2O2/c1-4-20-15-29(24-14-17(3)16(2)13-23(24)28-20)26(31)22-8-6-5-7-21(22)25(30)18-9-11-19(27)12-10-18/h5-14,20,28H,4,15H2,1-3H3. The fourth-order valence-corrected chi connectivity index (χ4v) is 3.92. The van der Waals surface area contributed by atoms with E-state index in [0.29, 0.717) is 23.2 Å². The fraction of sp³-hybridized carbons (Fsp3) is 0.231. The van der Waals surface area contributed by atoms with Crippen LogP contribution in [-0.4, -0.2) is 24.3 Å². The maximum absolute atomic E-state index is 13.7. The molecule has 1 aliphatic rings. The van der Waals surface area contributed by atoms with E-state index in [4.69, 9.17) is 0 Å². The average Bonchev–Trinajstić information content (AvgIpc) is 2.79. The van der Waals surface area contributed by atoms with Crippen molar-refractivity contribution in [2.24, 2.45) is 0 Å². The van der Waals surface area contributed by atoms with Gasteiger partial charge in [-0.2, -0.15) is 0 Å². The van der Waals surface area contributed by atoms with Gasteiger partial charge in [-0.05, 0) is 73.9 Å². The molecule has 0 spiro atoms. The zero-order chi connectivity index (χ0) is 22.1. The number of hydrogen-bond acceptors (Lipinski definition) is 3. The van der Waals surface area contributed by atoms with Gasteiger partial charge in [-0.3, -0.25) is 9.59 Å². The normalized spacial score (nSPS) is 15.2. The Hall–Kier alpha value is -3.47. The van der Waals surface area contributed by atoms with Gasteiger partial charge in [0.25, 0.3) is 5.91 Å². The van der Waals surface area contributed by atoms with E-state index in [-0.39, 0.29) is 17.7 Å². The topological polar surface area (TPSA) is 49.4 Å². The van der Waals surface area contributed by atoms with Gasteiger partial charge in [0.2, 0.25) is 0 Å². The number of nitrogens with zero attached hydrogens (tertiary/aromatic N) is 1. The van der Waals surface area contributed by atoms with Crippen molar-refractivity contribution in [2.45, 2.75) is 33.2 Å². The molecule has 1 amide bonds. The first-order valence-corrected chi connectivity index (χ1v) is 10.5. The summed E-state index contributed by atoms with van der Waals surface area (Å²) < 4.78 is 13.3.